The van der Waals surface area contributed by atoms with E-state index in [1.54, 1.807) is 6.07 Å². The molecule has 102 valence electrons. The van der Waals surface area contributed by atoms with Crippen molar-refractivity contribution >= 4 is 23.7 Å². The third kappa shape index (κ3) is 3.16. The zero-order valence-corrected chi connectivity index (χ0v) is 11.4. The van der Waals surface area contributed by atoms with Gasteiger partial charge in [-0.25, -0.2) is 14.6 Å². The van der Waals surface area contributed by atoms with Gasteiger partial charge in [0.05, 0.1) is 12.7 Å². The number of methoxy groups -OCH3 is 1. The number of nitrogens with zero attached hydrogens (tertiary/aromatic N) is 1. The van der Waals surface area contributed by atoms with E-state index in [-0.39, 0.29) is 11.3 Å². The summed E-state index contributed by atoms with van der Waals surface area (Å²) in [7, 11) is 1.19. The maximum Gasteiger partial charge on any atom is 0.357 e. The molecular formula is C14H11NO4S. The van der Waals surface area contributed by atoms with E-state index >= 15 is 0 Å². The van der Waals surface area contributed by atoms with Crippen molar-refractivity contribution in [1.29, 1.82) is 0 Å². The van der Waals surface area contributed by atoms with Crippen LogP contribution in [0.4, 0.5) is 0 Å². The number of hydrogen-bond donors (Lipinski definition) is 1. The molecule has 0 radical (unpaired) electrons. The summed E-state index contributed by atoms with van der Waals surface area (Å²) in [5.41, 5.74) is -0.366. The van der Waals surface area contributed by atoms with Crippen molar-refractivity contribution in [1.82, 2.24) is 4.98 Å². The highest BCUT2D eigenvalue weighted by atomic mass is 32.2. The van der Waals surface area contributed by atoms with Crippen LogP contribution in [-0.4, -0.2) is 29.1 Å². The van der Waals surface area contributed by atoms with Gasteiger partial charge < -0.3 is 9.84 Å². The first-order chi connectivity index (χ1) is 9.61. The van der Waals surface area contributed by atoms with E-state index in [1.807, 2.05) is 30.3 Å². The molecule has 2 rings (SSSR count). The third-order valence-corrected chi connectivity index (χ3v) is 3.39. The molecule has 0 bridgehead atoms. The molecule has 2 aromatic rings. The second-order valence-electron chi connectivity index (χ2n) is 3.76. The zero-order chi connectivity index (χ0) is 14.5. The van der Waals surface area contributed by atoms with Crippen LogP contribution < -0.4 is 0 Å². The van der Waals surface area contributed by atoms with Crippen LogP contribution in [0.15, 0.2) is 52.4 Å². The van der Waals surface area contributed by atoms with Gasteiger partial charge >= 0.3 is 11.9 Å². The second kappa shape index (κ2) is 6.21. The molecule has 1 heterocycles. The summed E-state index contributed by atoms with van der Waals surface area (Å²) in [4.78, 5) is 27.7. The van der Waals surface area contributed by atoms with Crippen molar-refractivity contribution in [3.8, 4) is 0 Å². The Kier molecular flexibility index (Phi) is 4.37. The van der Waals surface area contributed by atoms with E-state index in [4.69, 9.17) is 5.11 Å². The Morgan fingerprint density at radius 3 is 2.45 bits per heavy atom. The number of pyridine rings is 1. The molecule has 5 nitrogen and oxygen atoms in total. The molecule has 0 fully saturated rings. The van der Waals surface area contributed by atoms with Crippen LogP contribution in [0.25, 0.3) is 0 Å². The van der Waals surface area contributed by atoms with Gasteiger partial charge in [-0.2, -0.15) is 0 Å². The van der Waals surface area contributed by atoms with Gasteiger partial charge in [-0.05, 0) is 24.3 Å². The van der Waals surface area contributed by atoms with E-state index in [0.29, 0.717) is 5.03 Å². The van der Waals surface area contributed by atoms with Crippen molar-refractivity contribution in [2.75, 3.05) is 7.11 Å². The number of carbonyl (C=O) groups is 2. The number of carbonyl (C=O) groups excluding carboxylic acids is 1. The molecule has 1 aromatic heterocycles. The van der Waals surface area contributed by atoms with Crippen LogP contribution >= 0.6 is 11.8 Å². The zero-order valence-electron chi connectivity index (χ0n) is 10.6. The lowest BCUT2D eigenvalue weighted by Crippen LogP contribution is -2.12. The molecule has 6 heteroatoms. The fourth-order valence-electron chi connectivity index (χ4n) is 1.53. The standard InChI is InChI=1S/C14H11NO4S/c1-19-14(18)12-10(13(16)17)7-8-11(15-12)20-9-5-3-2-4-6-9/h2-8H,1H3,(H,16,17). The first kappa shape index (κ1) is 14.1. The fraction of sp³-hybridized carbons (Fsp3) is 0.0714. The summed E-state index contributed by atoms with van der Waals surface area (Å²) in [5, 5.41) is 9.57. The predicted octanol–water partition coefficient (Wildman–Crippen LogP) is 2.72. The fourth-order valence-corrected chi connectivity index (χ4v) is 2.34. The molecule has 0 saturated heterocycles. The molecule has 1 aromatic carbocycles. The topological polar surface area (TPSA) is 76.5 Å². The number of esters is 1. The Labute approximate surface area is 119 Å². The van der Waals surface area contributed by atoms with Gasteiger partial charge in [0.1, 0.15) is 5.03 Å². The number of benzene rings is 1. The Morgan fingerprint density at radius 1 is 1.15 bits per heavy atom. The molecule has 0 aliphatic rings. The first-order valence-corrected chi connectivity index (χ1v) is 6.49. The smallest absolute Gasteiger partial charge is 0.357 e. The largest absolute Gasteiger partial charge is 0.478 e. The van der Waals surface area contributed by atoms with Gasteiger partial charge in [-0.3, -0.25) is 0 Å². The van der Waals surface area contributed by atoms with Crippen LogP contribution in [0.1, 0.15) is 20.8 Å². The molecule has 0 saturated carbocycles. The number of rotatable bonds is 4. The van der Waals surface area contributed by atoms with Crippen molar-refractivity contribution in [2.45, 2.75) is 9.92 Å². The minimum absolute atomic E-state index is 0.172. The van der Waals surface area contributed by atoms with E-state index in [9.17, 15) is 9.59 Å². The summed E-state index contributed by atoms with van der Waals surface area (Å²) in [6.07, 6.45) is 0. The molecule has 0 atom stereocenters. The summed E-state index contributed by atoms with van der Waals surface area (Å²) >= 11 is 1.34. The monoisotopic (exact) mass is 289 g/mol. The maximum absolute atomic E-state index is 11.6. The van der Waals surface area contributed by atoms with Gasteiger partial charge in [-0.1, -0.05) is 30.0 Å². The lowest BCUT2D eigenvalue weighted by Gasteiger charge is -2.06. The van der Waals surface area contributed by atoms with Gasteiger partial charge in [0.2, 0.25) is 0 Å². The third-order valence-electron chi connectivity index (χ3n) is 2.44. The minimum atomic E-state index is -1.21. The highest BCUT2D eigenvalue weighted by molar-refractivity contribution is 7.99. The van der Waals surface area contributed by atoms with Crippen LogP contribution in [0.3, 0.4) is 0 Å². The molecule has 0 aliphatic heterocycles. The Balaban J connectivity index is 2.37. The van der Waals surface area contributed by atoms with Crippen LogP contribution in [0, 0.1) is 0 Å². The summed E-state index contributed by atoms with van der Waals surface area (Å²) in [6.45, 7) is 0. The molecule has 20 heavy (non-hydrogen) atoms. The number of aromatic carboxylic acids is 1. The molecule has 0 unspecified atom stereocenters. The Morgan fingerprint density at radius 2 is 1.85 bits per heavy atom. The molecule has 0 amide bonds. The van der Waals surface area contributed by atoms with Crippen molar-refractivity contribution in [2.24, 2.45) is 0 Å². The number of carboxylic acids is 1. The SMILES string of the molecule is COC(=O)c1nc(Sc2ccccc2)ccc1C(=O)O. The predicted molar refractivity (Wildman–Crippen MR) is 73.1 cm³/mol. The Hall–Kier alpha value is -2.34. The van der Waals surface area contributed by atoms with E-state index in [0.717, 1.165) is 4.90 Å². The normalized spacial score (nSPS) is 10.1. The van der Waals surface area contributed by atoms with Gasteiger partial charge in [0.25, 0.3) is 0 Å². The Bertz CT molecular complexity index is 643. The molecule has 1 N–H and O–H groups in total. The van der Waals surface area contributed by atoms with Gasteiger partial charge in [-0.15, -0.1) is 0 Å². The van der Waals surface area contributed by atoms with Crippen molar-refractivity contribution in [3.05, 3.63) is 53.7 Å². The average Bonchev–Trinajstić information content (AvgIpc) is 2.47. The van der Waals surface area contributed by atoms with Crippen molar-refractivity contribution in [3.63, 3.8) is 0 Å². The van der Waals surface area contributed by atoms with Crippen LogP contribution in [0.2, 0.25) is 0 Å². The highest BCUT2D eigenvalue weighted by Gasteiger charge is 2.19. The number of carboxylic acid groups (broad SMARTS) is 1. The van der Waals surface area contributed by atoms with Crippen LogP contribution in [0.5, 0.6) is 0 Å². The molecule has 0 spiro atoms. The molecule has 0 aliphatic carbocycles. The summed E-state index contributed by atoms with van der Waals surface area (Å²) in [6, 6.07) is 12.4. The van der Waals surface area contributed by atoms with E-state index < -0.39 is 11.9 Å². The quantitative estimate of drug-likeness (QED) is 0.872. The summed E-state index contributed by atoms with van der Waals surface area (Å²) < 4.78 is 4.56. The first-order valence-electron chi connectivity index (χ1n) is 5.67. The van der Waals surface area contributed by atoms with Gasteiger partial charge in [0.15, 0.2) is 5.69 Å². The number of hydrogen-bond acceptors (Lipinski definition) is 5. The number of aromatic nitrogens is 1. The van der Waals surface area contributed by atoms with E-state index in [2.05, 4.69) is 9.72 Å². The van der Waals surface area contributed by atoms with Crippen LogP contribution in [-0.2, 0) is 4.74 Å². The maximum atomic E-state index is 11.6. The average molecular weight is 289 g/mol. The van der Waals surface area contributed by atoms with Crippen molar-refractivity contribution < 1.29 is 19.4 Å². The highest BCUT2D eigenvalue weighted by Crippen LogP contribution is 2.26. The second-order valence-corrected chi connectivity index (χ2v) is 4.85. The summed E-state index contributed by atoms with van der Waals surface area (Å²) in [5.74, 6) is -1.98. The van der Waals surface area contributed by atoms with E-state index in [1.165, 1.54) is 24.9 Å². The lowest BCUT2D eigenvalue weighted by molar-refractivity contribution is 0.0574. The minimum Gasteiger partial charge on any atom is -0.478 e. The lowest BCUT2D eigenvalue weighted by atomic mass is 10.2. The number of ether oxygens (including phenoxy) is 1. The molecular weight excluding hydrogens is 278 g/mol. The van der Waals surface area contributed by atoms with Gasteiger partial charge in [0, 0.05) is 4.90 Å².